The molecule has 3 nitrogen and oxygen atoms in total. The number of benzene rings is 1. The second kappa shape index (κ2) is 6.44. The van der Waals surface area contributed by atoms with Gasteiger partial charge in [0.2, 0.25) is 0 Å². The lowest BCUT2D eigenvalue weighted by molar-refractivity contribution is 1.17. The summed E-state index contributed by atoms with van der Waals surface area (Å²) in [6.07, 6.45) is 0. The van der Waals surface area contributed by atoms with Crippen molar-refractivity contribution in [3.8, 4) is 10.8 Å². The lowest BCUT2D eigenvalue weighted by Crippen LogP contribution is -1.88. The summed E-state index contributed by atoms with van der Waals surface area (Å²) in [5, 5.41) is 23.9. The van der Waals surface area contributed by atoms with E-state index in [1.54, 1.807) is 0 Å². The van der Waals surface area contributed by atoms with Gasteiger partial charge in [0.1, 0.15) is 10.8 Å². The third-order valence-corrected chi connectivity index (χ3v) is 3.74. The molecule has 0 N–H and O–H groups in total. The molecule has 0 heterocycles. The molecule has 0 aliphatic heterocycles. The van der Waals surface area contributed by atoms with E-state index < -0.39 is 0 Å². The molecule has 0 radical (unpaired) electrons. The molecule has 0 amide bonds. The normalized spacial score (nSPS) is 8.94. The summed E-state index contributed by atoms with van der Waals surface area (Å²) in [6.45, 7) is 3.73. The molecule has 1 aromatic carbocycles. The molecule has 0 saturated heterocycles. The van der Waals surface area contributed by atoms with E-state index in [-0.39, 0.29) is 0 Å². The van der Waals surface area contributed by atoms with Gasteiger partial charge in [0.05, 0.1) is 15.7 Å². The molecule has 0 unspecified atom stereocenters. The van der Waals surface area contributed by atoms with Crippen molar-refractivity contribution in [2.75, 3.05) is 0 Å². The highest BCUT2D eigenvalue weighted by molar-refractivity contribution is 8.04. The van der Waals surface area contributed by atoms with E-state index in [1.807, 2.05) is 30.7 Å². The zero-order valence-corrected chi connectivity index (χ0v) is 11.6. The fraction of sp³-hybridized carbons (Fsp3) is 0.182. The number of aliphatic imine (C=N–C) groups is 1. The van der Waals surface area contributed by atoms with E-state index in [0.29, 0.717) is 5.69 Å². The number of thiocarbonyl (C=S) groups is 1. The van der Waals surface area contributed by atoms with Crippen molar-refractivity contribution in [3.63, 3.8) is 0 Å². The second-order valence-electron chi connectivity index (χ2n) is 3.08. The largest absolute Gasteiger partial charge is 0.193 e. The van der Waals surface area contributed by atoms with E-state index >= 15 is 0 Å². The van der Waals surface area contributed by atoms with Gasteiger partial charge in [-0.2, -0.15) is 15.5 Å². The minimum Gasteiger partial charge on any atom is -0.193 e. The van der Waals surface area contributed by atoms with Crippen molar-refractivity contribution in [1.82, 2.24) is 0 Å². The number of nitrogens with zero attached hydrogens (tertiary/aromatic N) is 3. The number of isothiocyanates is 1. The van der Waals surface area contributed by atoms with Crippen LogP contribution in [0.25, 0.3) is 0 Å². The molecule has 0 fully saturated rings. The van der Waals surface area contributed by atoms with Crippen LogP contribution >= 0.6 is 35.7 Å². The first kappa shape index (κ1) is 13.8. The van der Waals surface area contributed by atoms with Crippen molar-refractivity contribution in [2.24, 2.45) is 4.99 Å². The molecular formula is C11H7N3S3. The highest BCUT2D eigenvalue weighted by atomic mass is 32.2. The van der Waals surface area contributed by atoms with Gasteiger partial charge in [0, 0.05) is 4.90 Å². The van der Waals surface area contributed by atoms with E-state index in [2.05, 4.69) is 22.4 Å². The third kappa shape index (κ3) is 3.09. The van der Waals surface area contributed by atoms with Gasteiger partial charge in [0.15, 0.2) is 0 Å². The first-order valence-electron chi connectivity index (χ1n) is 4.49. The predicted octanol–water partition coefficient (Wildman–Crippen LogP) is 4.18. The molecule has 17 heavy (non-hydrogen) atoms. The van der Waals surface area contributed by atoms with Crippen LogP contribution in [0, 0.1) is 35.2 Å². The monoisotopic (exact) mass is 277 g/mol. The molecule has 1 aromatic rings. The molecule has 84 valence electrons. The van der Waals surface area contributed by atoms with Crippen molar-refractivity contribution in [2.45, 2.75) is 23.6 Å². The molecule has 1 rings (SSSR count). The second-order valence-corrected chi connectivity index (χ2v) is 4.89. The number of aryl methyl sites for hydroxylation is 1. The third-order valence-electron chi connectivity index (χ3n) is 2.11. The molecule has 0 atom stereocenters. The summed E-state index contributed by atoms with van der Waals surface area (Å²) >= 11 is 6.73. The Bertz CT molecular complexity index is 575. The fourth-order valence-corrected chi connectivity index (χ4v) is 2.64. The Kier molecular flexibility index (Phi) is 5.21. The summed E-state index contributed by atoms with van der Waals surface area (Å²) in [5.41, 5.74) is 2.38. The Morgan fingerprint density at radius 2 is 1.88 bits per heavy atom. The van der Waals surface area contributed by atoms with Crippen molar-refractivity contribution in [1.29, 1.82) is 10.5 Å². The van der Waals surface area contributed by atoms with Crippen LogP contribution in [0.2, 0.25) is 0 Å². The zero-order valence-electron chi connectivity index (χ0n) is 9.14. The van der Waals surface area contributed by atoms with Crippen LogP contribution in [0.3, 0.4) is 0 Å². The van der Waals surface area contributed by atoms with Gasteiger partial charge in [0.25, 0.3) is 0 Å². The number of rotatable bonds is 3. The highest BCUT2D eigenvalue weighted by Crippen LogP contribution is 2.39. The lowest BCUT2D eigenvalue weighted by Gasteiger charge is -2.10. The average molecular weight is 277 g/mol. The molecule has 0 aliphatic carbocycles. The maximum absolute atomic E-state index is 8.77. The Morgan fingerprint density at radius 3 is 2.41 bits per heavy atom. The summed E-state index contributed by atoms with van der Waals surface area (Å²) in [6, 6.07) is 1.88. The molecular weight excluding hydrogens is 270 g/mol. The maximum atomic E-state index is 8.77. The van der Waals surface area contributed by atoms with Gasteiger partial charge in [-0.15, -0.1) is 0 Å². The van der Waals surface area contributed by atoms with Gasteiger partial charge in [-0.05, 0) is 66.8 Å². The molecule has 0 bridgehead atoms. The van der Waals surface area contributed by atoms with Gasteiger partial charge >= 0.3 is 0 Å². The molecule has 6 heteroatoms. The van der Waals surface area contributed by atoms with Crippen LogP contribution in [0.15, 0.2) is 20.8 Å². The van der Waals surface area contributed by atoms with E-state index in [1.165, 1.54) is 0 Å². The van der Waals surface area contributed by atoms with Crippen LogP contribution in [0.5, 0.6) is 0 Å². The minimum absolute atomic E-state index is 0.629. The van der Waals surface area contributed by atoms with E-state index in [0.717, 1.165) is 44.4 Å². The number of thiocyanates is 2. The number of nitriles is 2. The van der Waals surface area contributed by atoms with Crippen LogP contribution in [0.1, 0.15) is 11.1 Å². The van der Waals surface area contributed by atoms with E-state index in [4.69, 9.17) is 10.5 Å². The fourth-order valence-electron chi connectivity index (χ4n) is 1.35. The highest BCUT2D eigenvalue weighted by Gasteiger charge is 2.14. The van der Waals surface area contributed by atoms with Crippen LogP contribution in [-0.4, -0.2) is 5.16 Å². The Labute approximate surface area is 114 Å². The van der Waals surface area contributed by atoms with Gasteiger partial charge in [-0.1, -0.05) is 0 Å². The Hall–Kier alpha value is -1.30. The summed E-state index contributed by atoms with van der Waals surface area (Å²) in [4.78, 5) is 5.60. The number of thioether (sulfide) groups is 2. The summed E-state index contributed by atoms with van der Waals surface area (Å²) < 4.78 is 0. The number of hydrogen-bond donors (Lipinski definition) is 0. The predicted molar refractivity (Wildman–Crippen MR) is 73.5 cm³/mol. The molecule has 0 saturated carbocycles. The van der Waals surface area contributed by atoms with Crippen LogP contribution in [0.4, 0.5) is 5.69 Å². The molecule has 0 aliphatic rings. The van der Waals surface area contributed by atoms with Crippen molar-refractivity contribution < 1.29 is 0 Å². The van der Waals surface area contributed by atoms with Crippen molar-refractivity contribution in [3.05, 3.63) is 17.2 Å². The topological polar surface area (TPSA) is 59.9 Å². The first-order valence-corrected chi connectivity index (χ1v) is 6.53. The summed E-state index contributed by atoms with van der Waals surface area (Å²) in [5.74, 6) is 0. The van der Waals surface area contributed by atoms with Crippen LogP contribution < -0.4 is 0 Å². The SMILES string of the molecule is Cc1cc(SC#N)c(C)c(N=C=S)c1SC#N. The summed E-state index contributed by atoms with van der Waals surface area (Å²) in [7, 11) is 0. The smallest absolute Gasteiger partial charge is 0.138 e. The average Bonchev–Trinajstić information content (AvgIpc) is 2.30. The van der Waals surface area contributed by atoms with Gasteiger partial charge in [-0.3, -0.25) is 0 Å². The Morgan fingerprint density at radius 1 is 1.24 bits per heavy atom. The van der Waals surface area contributed by atoms with Gasteiger partial charge in [-0.25, -0.2) is 0 Å². The van der Waals surface area contributed by atoms with Crippen LogP contribution in [-0.2, 0) is 0 Å². The maximum Gasteiger partial charge on any atom is 0.138 e. The Balaban J connectivity index is 3.54. The van der Waals surface area contributed by atoms with Crippen molar-refractivity contribution >= 4 is 46.6 Å². The molecule has 0 spiro atoms. The van der Waals surface area contributed by atoms with E-state index in [9.17, 15) is 0 Å². The first-order chi connectivity index (χ1) is 8.15. The number of hydrogen-bond acceptors (Lipinski definition) is 6. The lowest BCUT2D eigenvalue weighted by atomic mass is 10.1. The minimum atomic E-state index is 0.629. The molecule has 0 aromatic heterocycles. The zero-order chi connectivity index (χ0) is 12.8. The quantitative estimate of drug-likeness (QED) is 0.359. The standard InChI is InChI=1S/C11H7N3S3/c1-7-3-9(16-4-12)8(2)10(14-6-15)11(7)17-5-13/h3H,1-2H3. The van der Waals surface area contributed by atoms with Gasteiger partial charge < -0.3 is 0 Å².